The van der Waals surface area contributed by atoms with Gasteiger partial charge in [-0.05, 0) is 32.9 Å². The van der Waals surface area contributed by atoms with E-state index >= 15 is 0 Å². The number of nitrogens with zero attached hydrogens (tertiary/aromatic N) is 3. The summed E-state index contributed by atoms with van der Waals surface area (Å²) >= 11 is 0. The average molecular weight is 313 g/mol. The first-order valence-corrected chi connectivity index (χ1v) is 7.93. The Kier molecular flexibility index (Phi) is 4.23. The monoisotopic (exact) mass is 313 g/mol. The predicted octanol–water partition coefficient (Wildman–Crippen LogP) is 2.69. The standard InChI is InChI=1S/C17H23N5O/c1-12-4-6-15(7-5-12)18-17(23)22-10-8-21(9-11-22)16-13(2)19-20-14(16)3/h4-7H,8-11H2,1-3H3,(H,18,23)(H,19,20). The van der Waals surface area contributed by atoms with Gasteiger partial charge in [-0.1, -0.05) is 17.7 Å². The maximum absolute atomic E-state index is 12.4. The Morgan fingerprint density at radius 1 is 1.09 bits per heavy atom. The van der Waals surface area contributed by atoms with Crippen LogP contribution in [0.5, 0.6) is 0 Å². The molecule has 1 saturated heterocycles. The number of urea groups is 1. The summed E-state index contributed by atoms with van der Waals surface area (Å²) in [6.07, 6.45) is 0. The Morgan fingerprint density at radius 3 is 2.30 bits per heavy atom. The van der Waals surface area contributed by atoms with Gasteiger partial charge in [0.2, 0.25) is 0 Å². The molecule has 1 aliphatic rings. The third kappa shape index (κ3) is 3.31. The molecule has 0 spiro atoms. The quantitative estimate of drug-likeness (QED) is 0.896. The summed E-state index contributed by atoms with van der Waals surface area (Å²) in [6, 6.07) is 7.83. The van der Waals surface area contributed by atoms with Crippen LogP contribution in [0.3, 0.4) is 0 Å². The number of piperazine rings is 1. The molecule has 6 nitrogen and oxygen atoms in total. The molecule has 122 valence electrons. The summed E-state index contributed by atoms with van der Waals surface area (Å²) in [4.78, 5) is 16.5. The normalized spacial score (nSPS) is 14.9. The number of nitrogens with one attached hydrogen (secondary N) is 2. The second-order valence-corrected chi connectivity index (χ2v) is 6.05. The summed E-state index contributed by atoms with van der Waals surface area (Å²) in [7, 11) is 0. The zero-order chi connectivity index (χ0) is 16.4. The van der Waals surface area contributed by atoms with Crippen LogP contribution >= 0.6 is 0 Å². The highest BCUT2D eigenvalue weighted by atomic mass is 16.2. The number of carbonyl (C=O) groups excluding carboxylic acids is 1. The number of benzene rings is 1. The molecule has 1 aromatic heterocycles. The average Bonchev–Trinajstić information content (AvgIpc) is 2.88. The molecule has 0 unspecified atom stereocenters. The van der Waals surface area contributed by atoms with Gasteiger partial charge in [0.1, 0.15) is 0 Å². The van der Waals surface area contributed by atoms with E-state index in [4.69, 9.17) is 0 Å². The molecule has 0 atom stereocenters. The van der Waals surface area contributed by atoms with Gasteiger partial charge in [0.05, 0.1) is 17.1 Å². The zero-order valence-electron chi connectivity index (χ0n) is 13.9. The number of hydrogen-bond donors (Lipinski definition) is 2. The molecule has 23 heavy (non-hydrogen) atoms. The number of rotatable bonds is 2. The lowest BCUT2D eigenvalue weighted by Crippen LogP contribution is -2.50. The summed E-state index contributed by atoms with van der Waals surface area (Å²) in [5.41, 5.74) is 5.29. The fraction of sp³-hybridized carbons (Fsp3) is 0.412. The van der Waals surface area contributed by atoms with Crippen LogP contribution in [0.1, 0.15) is 17.0 Å². The van der Waals surface area contributed by atoms with Crippen molar-refractivity contribution in [2.24, 2.45) is 0 Å². The molecule has 0 bridgehead atoms. The zero-order valence-corrected chi connectivity index (χ0v) is 13.9. The van der Waals surface area contributed by atoms with Crippen molar-refractivity contribution < 1.29 is 4.79 Å². The van der Waals surface area contributed by atoms with Crippen molar-refractivity contribution >= 4 is 17.4 Å². The van der Waals surface area contributed by atoms with Crippen LogP contribution in [0.4, 0.5) is 16.2 Å². The Bertz CT molecular complexity index is 664. The smallest absolute Gasteiger partial charge is 0.321 e. The van der Waals surface area contributed by atoms with Crippen LogP contribution in [0.25, 0.3) is 0 Å². The number of amides is 2. The Labute approximate surface area is 136 Å². The van der Waals surface area contributed by atoms with E-state index in [9.17, 15) is 4.79 Å². The minimum absolute atomic E-state index is 0.0332. The van der Waals surface area contributed by atoms with E-state index in [0.717, 1.165) is 30.2 Å². The third-order valence-corrected chi connectivity index (χ3v) is 4.28. The summed E-state index contributed by atoms with van der Waals surface area (Å²) in [5.74, 6) is 0. The van der Waals surface area contributed by atoms with Gasteiger partial charge < -0.3 is 15.1 Å². The van der Waals surface area contributed by atoms with E-state index in [2.05, 4.69) is 20.4 Å². The molecule has 1 fully saturated rings. The van der Waals surface area contributed by atoms with Crippen LogP contribution in [-0.2, 0) is 0 Å². The van der Waals surface area contributed by atoms with Gasteiger partial charge in [0.25, 0.3) is 0 Å². The van der Waals surface area contributed by atoms with Crippen LogP contribution in [0, 0.1) is 20.8 Å². The van der Waals surface area contributed by atoms with Gasteiger partial charge in [-0.3, -0.25) is 5.10 Å². The van der Waals surface area contributed by atoms with Crippen molar-refractivity contribution in [3.05, 3.63) is 41.2 Å². The lowest BCUT2D eigenvalue weighted by Gasteiger charge is -2.36. The molecule has 2 heterocycles. The molecule has 2 N–H and O–H groups in total. The molecule has 0 radical (unpaired) electrons. The highest BCUT2D eigenvalue weighted by Gasteiger charge is 2.24. The Morgan fingerprint density at radius 2 is 1.74 bits per heavy atom. The van der Waals surface area contributed by atoms with Gasteiger partial charge in [-0.25, -0.2) is 4.79 Å². The summed E-state index contributed by atoms with van der Waals surface area (Å²) in [6.45, 7) is 9.14. The molecule has 6 heteroatoms. The van der Waals surface area contributed by atoms with Crippen molar-refractivity contribution in [3.8, 4) is 0 Å². The lowest BCUT2D eigenvalue weighted by atomic mass is 10.2. The maximum Gasteiger partial charge on any atom is 0.321 e. The van der Waals surface area contributed by atoms with E-state index in [1.165, 1.54) is 11.3 Å². The second-order valence-electron chi connectivity index (χ2n) is 6.05. The van der Waals surface area contributed by atoms with Gasteiger partial charge >= 0.3 is 6.03 Å². The molecule has 0 saturated carbocycles. The Balaban J connectivity index is 1.58. The predicted molar refractivity (Wildman–Crippen MR) is 92.0 cm³/mol. The van der Waals surface area contributed by atoms with E-state index in [-0.39, 0.29) is 6.03 Å². The van der Waals surface area contributed by atoms with Crippen molar-refractivity contribution in [1.82, 2.24) is 15.1 Å². The van der Waals surface area contributed by atoms with E-state index < -0.39 is 0 Å². The largest absolute Gasteiger partial charge is 0.365 e. The highest BCUT2D eigenvalue weighted by Crippen LogP contribution is 2.23. The number of carbonyl (C=O) groups is 1. The number of anilines is 2. The van der Waals surface area contributed by atoms with Crippen molar-refractivity contribution in [3.63, 3.8) is 0 Å². The van der Waals surface area contributed by atoms with Crippen LogP contribution in [0.2, 0.25) is 0 Å². The fourth-order valence-corrected chi connectivity index (χ4v) is 2.98. The van der Waals surface area contributed by atoms with Gasteiger partial charge in [0, 0.05) is 31.9 Å². The minimum atomic E-state index is -0.0332. The minimum Gasteiger partial charge on any atom is -0.365 e. The molecule has 3 rings (SSSR count). The molecule has 1 aromatic carbocycles. The number of aromatic amines is 1. The molecule has 1 aliphatic heterocycles. The molecular weight excluding hydrogens is 290 g/mol. The first kappa shape index (κ1) is 15.4. The SMILES string of the molecule is Cc1ccc(NC(=O)N2CCN(c3c(C)n[nH]c3C)CC2)cc1. The van der Waals surface area contributed by atoms with Crippen molar-refractivity contribution in [2.75, 3.05) is 36.4 Å². The van der Waals surface area contributed by atoms with Crippen LogP contribution < -0.4 is 10.2 Å². The first-order chi connectivity index (χ1) is 11.0. The molecular formula is C17H23N5O. The first-order valence-electron chi connectivity index (χ1n) is 7.93. The van der Waals surface area contributed by atoms with Crippen LogP contribution in [0.15, 0.2) is 24.3 Å². The molecule has 2 aromatic rings. The van der Waals surface area contributed by atoms with Crippen molar-refractivity contribution in [2.45, 2.75) is 20.8 Å². The molecule has 2 amide bonds. The number of H-pyrrole nitrogens is 1. The topological polar surface area (TPSA) is 64.3 Å². The van der Waals surface area contributed by atoms with Gasteiger partial charge in [-0.15, -0.1) is 0 Å². The van der Waals surface area contributed by atoms with E-state index in [1.54, 1.807) is 0 Å². The lowest BCUT2D eigenvalue weighted by molar-refractivity contribution is 0.208. The number of aryl methyl sites for hydroxylation is 3. The Hall–Kier alpha value is -2.50. The summed E-state index contributed by atoms with van der Waals surface area (Å²) < 4.78 is 0. The summed E-state index contributed by atoms with van der Waals surface area (Å²) in [5, 5.41) is 10.2. The number of hydrogen-bond acceptors (Lipinski definition) is 3. The molecule has 0 aliphatic carbocycles. The maximum atomic E-state index is 12.4. The van der Waals surface area contributed by atoms with Gasteiger partial charge in [0.15, 0.2) is 0 Å². The fourth-order valence-electron chi connectivity index (χ4n) is 2.98. The van der Waals surface area contributed by atoms with Gasteiger partial charge in [-0.2, -0.15) is 5.10 Å². The van der Waals surface area contributed by atoms with Crippen LogP contribution in [-0.4, -0.2) is 47.3 Å². The third-order valence-electron chi connectivity index (χ3n) is 4.28. The second kappa shape index (κ2) is 6.32. The highest BCUT2D eigenvalue weighted by molar-refractivity contribution is 5.89. The van der Waals surface area contributed by atoms with E-state index in [1.807, 2.05) is 49.9 Å². The number of aromatic nitrogens is 2. The van der Waals surface area contributed by atoms with E-state index in [0.29, 0.717) is 13.1 Å². The van der Waals surface area contributed by atoms with Crippen molar-refractivity contribution in [1.29, 1.82) is 0 Å².